The average Bonchev–Trinajstić information content (AvgIpc) is 2.28. The Morgan fingerprint density at radius 3 is 2.80 bits per heavy atom. The van der Waals surface area contributed by atoms with Crippen molar-refractivity contribution >= 4 is 5.69 Å². The fraction of sp³-hybridized carbons (Fsp3) is 0.500. The second-order valence-corrected chi connectivity index (χ2v) is 4.32. The smallest absolute Gasteiger partial charge is 0.115 e. The first-order chi connectivity index (χ1) is 7.38. The molecule has 2 fully saturated rings. The molecular formula is C12H15N2O. The van der Waals surface area contributed by atoms with Gasteiger partial charge in [-0.15, -0.1) is 0 Å². The summed E-state index contributed by atoms with van der Waals surface area (Å²) in [6.07, 6.45) is 0. The lowest BCUT2D eigenvalue weighted by atomic mass is 9.92. The molecule has 2 saturated heterocycles. The van der Waals surface area contributed by atoms with Crippen molar-refractivity contribution in [2.24, 2.45) is 0 Å². The van der Waals surface area contributed by atoms with Gasteiger partial charge in [0, 0.05) is 18.8 Å². The lowest BCUT2D eigenvalue weighted by Gasteiger charge is -2.52. The topological polar surface area (TPSA) is 24.5 Å². The third kappa shape index (κ3) is 1.62. The van der Waals surface area contributed by atoms with Crippen LogP contribution in [0.1, 0.15) is 0 Å². The predicted octanol–water partition coefficient (Wildman–Crippen LogP) is 0.665. The van der Waals surface area contributed by atoms with Gasteiger partial charge in [-0.2, -0.15) is 0 Å². The summed E-state index contributed by atoms with van der Waals surface area (Å²) in [5.41, 5.74) is 1.35. The van der Waals surface area contributed by atoms with Crippen molar-refractivity contribution in [3.05, 3.63) is 30.3 Å². The highest BCUT2D eigenvalue weighted by molar-refractivity contribution is 5.50. The summed E-state index contributed by atoms with van der Waals surface area (Å²) in [5.74, 6) is 0. The van der Waals surface area contributed by atoms with Gasteiger partial charge in [-0.05, 0) is 18.2 Å². The van der Waals surface area contributed by atoms with E-state index in [0.717, 1.165) is 32.8 Å². The number of nitrogens with one attached hydrogen (secondary N) is 1. The zero-order valence-electron chi connectivity index (χ0n) is 8.70. The molecule has 1 aromatic carbocycles. The zero-order chi connectivity index (χ0) is 10.1. The minimum absolute atomic E-state index is 0.0812. The number of nitrogens with zero attached hydrogens (tertiary/aromatic N) is 1. The van der Waals surface area contributed by atoms with E-state index < -0.39 is 0 Å². The van der Waals surface area contributed by atoms with E-state index in [0.29, 0.717) is 0 Å². The van der Waals surface area contributed by atoms with Crippen LogP contribution in [0.2, 0.25) is 0 Å². The Bertz CT molecular complexity index is 325. The molecular weight excluding hydrogens is 188 g/mol. The van der Waals surface area contributed by atoms with E-state index in [2.05, 4.69) is 28.4 Å². The van der Waals surface area contributed by atoms with E-state index in [1.54, 1.807) is 0 Å². The monoisotopic (exact) mass is 203 g/mol. The van der Waals surface area contributed by atoms with E-state index in [-0.39, 0.29) is 5.60 Å². The SMILES string of the molecule is [c]1ccc(N2CC3(CNCCO3)C2)cc1. The molecule has 1 aromatic rings. The first-order valence-corrected chi connectivity index (χ1v) is 5.44. The van der Waals surface area contributed by atoms with Crippen LogP contribution in [0.5, 0.6) is 0 Å². The maximum atomic E-state index is 5.84. The lowest BCUT2D eigenvalue weighted by molar-refractivity contribution is -0.0828. The van der Waals surface area contributed by atoms with Gasteiger partial charge in [0.05, 0.1) is 19.7 Å². The maximum Gasteiger partial charge on any atom is 0.115 e. The molecule has 3 rings (SSSR count). The van der Waals surface area contributed by atoms with Crippen molar-refractivity contribution in [2.45, 2.75) is 5.60 Å². The van der Waals surface area contributed by atoms with E-state index >= 15 is 0 Å². The number of hydrogen-bond donors (Lipinski definition) is 1. The minimum atomic E-state index is 0.0812. The van der Waals surface area contributed by atoms with Crippen LogP contribution in [0.15, 0.2) is 24.3 Å². The molecule has 0 amide bonds. The average molecular weight is 203 g/mol. The Morgan fingerprint density at radius 2 is 2.13 bits per heavy atom. The van der Waals surface area contributed by atoms with Crippen LogP contribution in [-0.4, -0.2) is 38.4 Å². The predicted molar refractivity (Wildman–Crippen MR) is 59.0 cm³/mol. The van der Waals surface area contributed by atoms with Gasteiger partial charge in [0.1, 0.15) is 5.60 Å². The molecule has 0 saturated carbocycles. The van der Waals surface area contributed by atoms with Crippen LogP contribution in [0.3, 0.4) is 0 Å². The Kier molecular flexibility index (Phi) is 2.15. The van der Waals surface area contributed by atoms with Crippen LogP contribution in [-0.2, 0) is 4.74 Å². The van der Waals surface area contributed by atoms with Gasteiger partial charge in [-0.1, -0.05) is 12.1 Å². The highest BCUT2D eigenvalue weighted by Crippen LogP contribution is 2.30. The molecule has 2 aliphatic heterocycles. The summed E-state index contributed by atoms with van der Waals surface area (Å²) in [4.78, 5) is 2.35. The van der Waals surface area contributed by atoms with Crippen LogP contribution in [0, 0.1) is 6.07 Å². The van der Waals surface area contributed by atoms with Gasteiger partial charge in [-0.3, -0.25) is 0 Å². The van der Waals surface area contributed by atoms with Crippen molar-refractivity contribution < 1.29 is 4.74 Å². The van der Waals surface area contributed by atoms with Gasteiger partial charge in [0.25, 0.3) is 0 Å². The van der Waals surface area contributed by atoms with E-state index in [1.165, 1.54) is 5.69 Å². The van der Waals surface area contributed by atoms with Crippen molar-refractivity contribution in [3.8, 4) is 0 Å². The second kappa shape index (κ2) is 3.51. The summed E-state index contributed by atoms with van der Waals surface area (Å²) >= 11 is 0. The molecule has 0 bridgehead atoms. The molecule has 1 N–H and O–H groups in total. The van der Waals surface area contributed by atoms with Gasteiger partial charge in [0.15, 0.2) is 0 Å². The van der Waals surface area contributed by atoms with Gasteiger partial charge in [-0.25, -0.2) is 0 Å². The van der Waals surface area contributed by atoms with Gasteiger partial charge < -0.3 is 15.0 Å². The minimum Gasteiger partial charge on any atom is -0.369 e. The molecule has 3 heteroatoms. The number of anilines is 1. The molecule has 0 atom stereocenters. The highest BCUT2D eigenvalue weighted by Gasteiger charge is 2.45. The largest absolute Gasteiger partial charge is 0.369 e. The molecule has 3 nitrogen and oxygen atoms in total. The summed E-state index contributed by atoms with van der Waals surface area (Å²) in [5, 5.41) is 3.39. The zero-order valence-corrected chi connectivity index (χ0v) is 8.70. The Labute approximate surface area is 90.0 Å². The van der Waals surface area contributed by atoms with Gasteiger partial charge in [0.2, 0.25) is 0 Å². The number of rotatable bonds is 1. The Hall–Kier alpha value is -1.06. The van der Waals surface area contributed by atoms with Crippen LogP contribution in [0.25, 0.3) is 0 Å². The molecule has 2 heterocycles. The van der Waals surface area contributed by atoms with Gasteiger partial charge >= 0.3 is 0 Å². The standard InChI is InChI=1S/C12H15N2O/c1-2-4-11(5-3-1)14-9-12(10-14)8-13-6-7-15-12/h2-5,13H,6-10H2. The van der Waals surface area contributed by atoms with Crippen LogP contribution < -0.4 is 10.2 Å². The summed E-state index contributed by atoms with van der Waals surface area (Å²) < 4.78 is 5.84. The van der Waals surface area contributed by atoms with Crippen LogP contribution >= 0.6 is 0 Å². The van der Waals surface area contributed by atoms with Crippen molar-refractivity contribution in [3.63, 3.8) is 0 Å². The molecule has 15 heavy (non-hydrogen) atoms. The second-order valence-electron chi connectivity index (χ2n) is 4.32. The third-order valence-corrected chi connectivity index (χ3v) is 3.16. The number of morpholine rings is 1. The third-order valence-electron chi connectivity index (χ3n) is 3.16. The maximum absolute atomic E-state index is 5.84. The molecule has 0 aliphatic carbocycles. The molecule has 1 radical (unpaired) electrons. The normalized spacial score (nSPS) is 23.9. The molecule has 0 unspecified atom stereocenters. The number of hydrogen-bond acceptors (Lipinski definition) is 3. The fourth-order valence-electron chi connectivity index (χ4n) is 2.33. The lowest BCUT2D eigenvalue weighted by Crippen LogP contribution is -2.69. The quantitative estimate of drug-likeness (QED) is 0.726. The van der Waals surface area contributed by atoms with E-state index in [1.807, 2.05) is 12.1 Å². The molecule has 79 valence electrons. The Balaban J connectivity index is 1.66. The van der Waals surface area contributed by atoms with Crippen LogP contribution in [0.4, 0.5) is 5.69 Å². The van der Waals surface area contributed by atoms with E-state index in [9.17, 15) is 0 Å². The summed E-state index contributed by atoms with van der Waals surface area (Å²) in [7, 11) is 0. The number of ether oxygens (including phenoxy) is 1. The number of benzene rings is 1. The Morgan fingerprint density at radius 1 is 1.33 bits per heavy atom. The first-order valence-electron chi connectivity index (χ1n) is 5.44. The van der Waals surface area contributed by atoms with E-state index in [4.69, 9.17) is 4.74 Å². The van der Waals surface area contributed by atoms with Crippen molar-refractivity contribution in [1.82, 2.24) is 5.32 Å². The molecule has 0 aromatic heterocycles. The fourth-order valence-corrected chi connectivity index (χ4v) is 2.33. The van der Waals surface area contributed by atoms with Crippen molar-refractivity contribution in [2.75, 3.05) is 37.7 Å². The summed E-state index contributed by atoms with van der Waals surface area (Å²) in [6, 6.07) is 11.2. The van der Waals surface area contributed by atoms with Crippen molar-refractivity contribution in [1.29, 1.82) is 0 Å². The highest BCUT2D eigenvalue weighted by atomic mass is 16.5. The summed E-state index contributed by atoms with van der Waals surface area (Å²) in [6.45, 7) is 4.83. The first kappa shape index (κ1) is 9.19. The molecule has 2 aliphatic rings. The molecule has 1 spiro atoms.